The van der Waals surface area contributed by atoms with Crippen molar-refractivity contribution in [2.45, 2.75) is 34.1 Å². The molecule has 0 aromatic rings. The van der Waals surface area contributed by atoms with E-state index < -0.39 is 0 Å². The second-order valence-corrected chi connectivity index (χ2v) is 4.89. The minimum absolute atomic E-state index is 0. The molecule has 0 aromatic carbocycles. The van der Waals surface area contributed by atoms with Gasteiger partial charge in [-0.25, -0.2) is 5.57 Å². The summed E-state index contributed by atoms with van der Waals surface area (Å²) >= 11 is 0. The van der Waals surface area contributed by atoms with E-state index in [2.05, 4.69) is 52.8 Å². The van der Waals surface area contributed by atoms with E-state index >= 15 is 0 Å². The molecule has 0 heterocycles. The first-order chi connectivity index (χ1) is 6.37. The van der Waals surface area contributed by atoms with Gasteiger partial charge in [-0.05, 0) is 27.1 Å². The van der Waals surface area contributed by atoms with Crippen molar-refractivity contribution in [1.82, 2.24) is 4.90 Å². The Bertz CT molecular complexity index is 289. The van der Waals surface area contributed by atoms with Gasteiger partial charge in [0.05, 0.1) is 0 Å². The van der Waals surface area contributed by atoms with E-state index in [1.54, 1.807) is 0 Å². The van der Waals surface area contributed by atoms with Crippen LogP contribution < -0.4 is 18.9 Å². The van der Waals surface area contributed by atoms with Crippen LogP contribution in [0.5, 0.6) is 0 Å². The van der Waals surface area contributed by atoms with E-state index in [0.29, 0.717) is 0 Å². The Hall–Kier alpha value is 0.0374. The summed E-state index contributed by atoms with van der Waals surface area (Å²) in [6.45, 7) is 10.0. The smallest absolute Gasteiger partial charge is 0.309 e. The number of rotatable bonds is 3. The second-order valence-electron chi connectivity index (χ2n) is 4.89. The van der Waals surface area contributed by atoms with Crippen molar-refractivity contribution in [3.05, 3.63) is 22.8 Å². The van der Waals surface area contributed by atoms with Crippen LogP contribution in [0.15, 0.2) is 16.7 Å². The SMILES string of the molecule is CC1=[C-]C(C)(CCN(C)C)C(C)=C1C.[Li+]. The van der Waals surface area contributed by atoms with Gasteiger partial charge >= 0.3 is 18.9 Å². The normalized spacial score (nSPS) is 25.7. The Morgan fingerprint density at radius 1 is 1.20 bits per heavy atom. The van der Waals surface area contributed by atoms with Crippen LogP contribution in [0.4, 0.5) is 0 Å². The molecule has 0 saturated carbocycles. The molecule has 1 aliphatic rings. The van der Waals surface area contributed by atoms with Crippen LogP contribution in [-0.4, -0.2) is 25.5 Å². The summed E-state index contributed by atoms with van der Waals surface area (Å²) in [5.74, 6) is 0. The van der Waals surface area contributed by atoms with Crippen molar-refractivity contribution in [1.29, 1.82) is 0 Å². The molecule has 0 aromatic heterocycles. The third-order valence-electron chi connectivity index (χ3n) is 3.48. The predicted molar refractivity (Wildman–Crippen MR) is 62.1 cm³/mol. The van der Waals surface area contributed by atoms with E-state index in [9.17, 15) is 0 Å². The third kappa shape index (κ3) is 3.24. The fraction of sp³-hybridized carbons (Fsp3) is 0.692. The average molecular weight is 199 g/mol. The maximum absolute atomic E-state index is 3.60. The Balaban J connectivity index is 0.00000196. The summed E-state index contributed by atoms with van der Waals surface area (Å²) in [5.41, 5.74) is 4.45. The molecule has 1 atom stereocenters. The summed E-state index contributed by atoms with van der Waals surface area (Å²) in [5, 5.41) is 0. The third-order valence-corrected chi connectivity index (χ3v) is 3.48. The summed E-state index contributed by atoms with van der Waals surface area (Å²) < 4.78 is 0. The van der Waals surface area contributed by atoms with E-state index in [1.807, 2.05) is 0 Å². The maximum atomic E-state index is 3.60. The van der Waals surface area contributed by atoms with Gasteiger partial charge in [-0.15, -0.1) is 6.92 Å². The van der Waals surface area contributed by atoms with Gasteiger partial charge in [0.15, 0.2) is 0 Å². The van der Waals surface area contributed by atoms with E-state index in [4.69, 9.17) is 0 Å². The first-order valence-electron chi connectivity index (χ1n) is 5.31. The molecule has 80 valence electrons. The fourth-order valence-corrected chi connectivity index (χ4v) is 1.99. The van der Waals surface area contributed by atoms with Crippen LogP contribution in [0, 0.1) is 11.5 Å². The molecule has 1 nitrogen and oxygen atoms in total. The molecule has 0 amide bonds. The maximum Gasteiger partial charge on any atom is 1.00 e. The second kappa shape index (κ2) is 5.39. The molecule has 0 radical (unpaired) electrons. The Kier molecular flexibility index (Phi) is 5.40. The van der Waals surface area contributed by atoms with Crippen LogP contribution in [-0.2, 0) is 0 Å². The van der Waals surface area contributed by atoms with Crippen LogP contribution in [0.3, 0.4) is 0 Å². The zero-order chi connectivity index (χ0) is 10.9. The largest absolute Gasteiger partial charge is 1.00 e. The molecule has 0 fully saturated rings. The van der Waals surface area contributed by atoms with E-state index in [-0.39, 0.29) is 24.3 Å². The van der Waals surface area contributed by atoms with Gasteiger partial charge in [-0.2, -0.15) is 11.1 Å². The molecule has 0 saturated heterocycles. The van der Waals surface area contributed by atoms with E-state index in [1.165, 1.54) is 23.1 Å². The van der Waals surface area contributed by atoms with Crippen molar-refractivity contribution in [3.63, 3.8) is 0 Å². The van der Waals surface area contributed by atoms with Gasteiger partial charge < -0.3 is 4.90 Å². The molecule has 0 N–H and O–H groups in total. The molecular formula is C13H22LiN. The minimum Gasteiger partial charge on any atom is -0.309 e. The van der Waals surface area contributed by atoms with Crippen molar-refractivity contribution < 1.29 is 18.9 Å². The zero-order valence-electron chi connectivity index (χ0n) is 11.4. The Morgan fingerprint density at radius 2 is 1.73 bits per heavy atom. The van der Waals surface area contributed by atoms with Gasteiger partial charge in [0.25, 0.3) is 0 Å². The molecule has 0 spiro atoms. The van der Waals surface area contributed by atoms with Crippen molar-refractivity contribution in [3.8, 4) is 0 Å². The molecule has 1 unspecified atom stereocenters. The zero-order valence-corrected chi connectivity index (χ0v) is 11.4. The standard InChI is InChI=1S/C13H22N.Li/c1-10-9-13(4,7-8-14(5)6)12(3)11(10)2;/h7-8H2,1-6H3;/q-1;+1. The quantitative estimate of drug-likeness (QED) is 0.458. The fourth-order valence-electron chi connectivity index (χ4n) is 1.99. The molecular weight excluding hydrogens is 177 g/mol. The summed E-state index contributed by atoms with van der Waals surface area (Å²) in [6.07, 6.45) is 4.77. The molecule has 0 bridgehead atoms. The summed E-state index contributed by atoms with van der Waals surface area (Å²) in [4.78, 5) is 2.24. The van der Waals surface area contributed by atoms with E-state index in [0.717, 1.165) is 6.54 Å². The van der Waals surface area contributed by atoms with Crippen LogP contribution in [0.2, 0.25) is 0 Å². The van der Waals surface area contributed by atoms with Gasteiger partial charge in [0.1, 0.15) is 0 Å². The minimum atomic E-state index is 0. The molecule has 0 aliphatic heterocycles. The van der Waals surface area contributed by atoms with Gasteiger partial charge in [0, 0.05) is 0 Å². The van der Waals surface area contributed by atoms with Crippen LogP contribution in [0.25, 0.3) is 0 Å². The first-order valence-corrected chi connectivity index (χ1v) is 5.31. The van der Waals surface area contributed by atoms with Gasteiger partial charge in [-0.1, -0.05) is 26.2 Å². The van der Waals surface area contributed by atoms with Crippen molar-refractivity contribution in [2.75, 3.05) is 20.6 Å². The number of hydrogen-bond donors (Lipinski definition) is 0. The van der Waals surface area contributed by atoms with Crippen LogP contribution >= 0.6 is 0 Å². The molecule has 2 heteroatoms. The summed E-state index contributed by atoms with van der Waals surface area (Å²) in [7, 11) is 4.25. The van der Waals surface area contributed by atoms with Crippen molar-refractivity contribution >= 4 is 0 Å². The number of allylic oxidation sites excluding steroid dienone is 4. The Labute approximate surface area is 107 Å². The topological polar surface area (TPSA) is 3.24 Å². The Morgan fingerprint density at radius 3 is 2.07 bits per heavy atom. The van der Waals surface area contributed by atoms with Crippen LogP contribution in [0.1, 0.15) is 34.1 Å². The van der Waals surface area contributed by atoms with Gasteiger partial charge in [0.2, 0.25) is 0 Å². The average Bonchev–Trinajstić information content (AvgIpc) is 2.28. The summed E-state index contributed by atoms with van der Waals surface area (Å²) in [6, 6.07) is 0. The molecule has 15 heavy (non-hydrogen) atoms. The molecule has 1 aliphatic carbocycles. The van der Waals surface area contributed by atoms with Gasteiger partial charge in [-0.3, -0.25) is 6.08 Å². The van der Waals surface area contributed by atoms with Crippen molar-refractivity contribution in [2.24, 2.45) is 5.41 Å². The monoisotopic (exact) mass is 199 g/mol. The first kappa shape index (κ1) is 15.0. The number of hydrogen-bond acceptors (Lipinski definition) is 1. The predicted octanol–water partition coefficient (Wildman–Crippen LogP) is 0.0479. The number of nitrogens with zero attached hydrogens (tertiary/aromatic N) is 1. The molecule has 1 rings (SSSR count).